The molecule has 0 saturated carbocycles. The van der Waals surface area contributed by atoms with Gasteiger partial charge in [0.2, 0.25) is 0 Å². The molecule has 1 aliphatic heterocycles. The number of ether oxygens (including phenoxy) is 2. The van der Waals surface area contributed by atoms with Crippen molar-refractivity contribution in [2.45, 2.75) is 38.8 Å². The first-order valence-electron chi connectivity index (χ1n) is 7.57. The maximum absolute atomic E-state index is 12.1. The predicted molar refractivity (Wildman–Crippen MR) is 81.7 cm³/mol. The lowest BCUT2D eigenvalue weighted by Crippen LogP contribution is -2.36. The molecule has 0 bridgehead atoms. The minimum atomic E-state index is -0.441. The molecule has 1 heterocycles. The zero-order chi connectivity index (χ0) is 15.1. The quantitative estimate of drug-likeness (QED) is 0.840. The van der Waals surface area contributed by atoms with E-state index in [9.17, 15) is 4.79 Å². The van der Waals surface area contributed by atoms with E-state index in [-0.39, 0.29) is 5.91 Å². The lowest BCUT2D eigenvalue weighted by Gasteiger charge is -2.20. The van der Waals surface area contributed by atoms with E-state index in [1.807, 2.05) is 18.2 Å². The summed E-state index contributed by atoms with van der Waals surface area (Å²) in [6.45, 7) is 4.35. The maximum Gasteiger partial charge on any atom is 0.261 e. The van der Waals surface area contributed by atoms with Crippen molar-refractivity contribution in [2.75, 3.05) is 20.2 Å². The molecule has 1 aromatic rings. The zero-order valence-corrected chi connectivity index (χ0v) is 12.8. The van der Waals surface area contributed by atoms with Crippen LogP contribution in [0.3, 0.4) is 0 Å². The monoisotopic (exact) mass is 292 g/mol. The van der Waals surface area contributed by atoms with Crippen LogP contribution in [0.5, 0.6) is 11.5 Å². The Hall–Kier alpha value is -1.75. The van der Waals surface area contributed by atoms with Gasteiger partial charge in [-0.05, 0) is 31.9 Å². The van der Waals surface area contributed by atoms with Gasteiger partial charge >= 0.3 is 0 Å². The van der Waals surface area contributed by atoms with Crippen LogP contribution in [0, 0.1) is 0 Å². The minimum absolute atomic E-state index is 0.0344. The van der Waals surface area contributed by atoms with Gasteiger partial charge in [-0.3, -0.25) is 4.79 Å². The molecule has 1 aliphatic rings. The molecule has 0 spiro atoms. The van der Waals surface area contributed by atoms with E-state index < -0.39 is 6.10 Å². The molecule has 5 nitrogen and oxygen atoms in total. The van der Waals surface area contributed by atoms with E-state index in [4.69, 9.17) is 9.47 Å². The molecule has 0 aliphatic carbocycles. The molecule has 1 aromatic carbocycles. The summed E-state index contributed by atoms with van der Waals surface area (Å²) < 4.78 is 11.4. The van der Waals surface area contributed by atoms with Gasteiger partial charge in [0.05, 0.1) is 7.11 Å². The number of carbonyl (C=O) groups excluding carboxylic acids is 1. The van der Waals surface area contributed by atoms with Gasteiger partial charge < -0.3 is 20.1 Å². The van der Waals surface area contributed by atoms with Crippen LogP contribution in [0.2, 0.25) is 0 Å². The number of carbonyl (C=O) groups is 1. The van der Waals surface area contributed by atoms with E-state index in [1.54, 1.807) is 7.11 Å². The molecule has 1 unspecified atom stereocenters. The largest absolute Gasteiger partial charge is 0.493 e. The van der Waals surface area contributed by atoms with Crippen LogP contribution in [-0.2, 0) is 11.3 Å². The number of para-hydroxylation sites is 1. The van der Waals surface area contributed by atoms with Crippen molar-refractivity contribution in [3.8, 4) is 11.5 Å². The fourth-order valence-corrected chi connectivity index (χ4v) is 2.42. The van der Waals surface area contributed by atoms with Gasteiger partial charge in [-0.2, -0.15) is 0 Å². The Bertz CT molecular complexity index is 477. The molecule has 5 heteroatoms. The standard InChI is InChI=1S/C16H24N2O3/c1-3-17-11-12-7-6-9-13(20-2)15(12)21-14-8-4-5-10-18-16(14)19/h6-7,9,14,17H,3-5,8,10-11H2,1-2H3,(H,18,19). The number of nitrogens with one attached hydrogen (secondary N) is 2. The Labute approximate surface area is 126 Å². The van der Waals surface area contributed by atoms with E-state index in [1.165, 1.54) is 0 Å². The van der Waals surface area contributed by atoms with Gasteiger partial charge in [-0.1, -0.05) is 19.1 Å². The van der Waals surface area contributed by atoms with E-state index in [0.717, 1.165) is 37.9 Å². The van der Waals surface area contributed by atoms with E-state index in [2.05, 4.69) is 17.6 Å². The number of hydrogen-bond acceptors (Lipinski definition) is 4. The highest BCUT2D eigenvalue weighted by Gasteiger charge is 2.24. The zero-order valence-electron chi connectivity index (χ0n) is 12.8. The molecular weight excluding hydrogens is 268 g/mol. The van der Waals surface area contributed by atoms with Crippen molar-refractivity contribution in [3.63, 3.8) is 0 Å². The summed E-state index contributed by atoms with van der Waals surface area (Å²) in [6, 6.07) is 5.79. The number of amides is 1. The Morgan fingerprint density at radius 1 is 1.38 bits per heavy atom. The summed E-state index contributed by atoms with van der Waals surface area (Å²) in [5.41, 5.74) is 1.01. The van der Waals surface area contributed by atoms with Crippen LogP contribution in [0.15, 0.2) is 18.2 Å². The van der Waals surface area contributed by atoms with Crippen LogP contribution in [-0.4, -0.2) is 32.2 Å². The fourth-order valence-electron chi connectivity index (χ4n) is 2.42. The van der Waals surface area contributed by atoms with Crippen molar-refractivity contribution in [1.82, 2.24) is 10.6 Å². The van der Waals surface area contributed by atoms with Crippen molar-refractivity contribution in [3.05, 3.63) is 23.8 Å². The molecule has 1 amide bonds. The third-order valence-corrected chi connectivity index (χ3v) is 3.59. The molecule has 0 aromatic heterocycles. The van der Waals surface area contributed by atoms with E-state index >= 15 is 0 Å². The molecule has 0 radical (unpaired) electrons. The molecular formula is C16H24N2O3. The Morgan fingerprint density at radius 3 is 3.00 bits per heavy atom. The summed E-state index contributed by atoms with van der Waals surface area (Å²) in [5.74, 6) is 1.30. The van der Waals surface area contributed by atoms with Crippen molar-refractivity contribution >= 4 is 5.91 Å². The van der Waals surface area contributed by atoms with Gasteiger partial charge in [-0.25, -0.2) is 0 Å². The number of rotatable bonds is 6. The van der Waals surface area contributed by atoms with E-state index in [0.29, 0.717) is 18.0 Å². The average Bonchev–Trinajstić information content (AvgIpc) is 2.71. The lowest BCUT2D eigenvalue weighted by atomic mass is 10.1. The normalized spacial score (nSPS) is 18.8. The van der Waals surface area contributed by atoms with Crippen molar-refractivity contribution < 1.29 is 14.3 Å². The first-order chi connectivity index (χ1) is 10.3. The SMILES string of the molecule is CCNCc1cccc(OC)c1OC1CCCCNC1=O. The second-order valence-electron chi connectivity index (χ2n) is 5.12. The molecule has 1 fully saturated rings. The highest BCUT2D eigenvalue weighted by molar-refractivity contribution is 5.81. The van der Waals surface area contributed by atoms with Crippen LogP contribution in [0.25, 0.3) is 0 Å². The summed E-state index contributed by atoms with van der Waals surface area (Å²) in [6.07, 6.45) is 2.29. The van der Waals surface area contributed by atoms with Crippen LogP contribution in [0.4, 0.5) is 0 Å². The summed E-state index contributed by atoms with van der Waals surface area (Å²) in [5, 5.41) is 6.18. The number of benzene rings is 1. The lowest BCUT2D eigenvalue weighted by molar-refractivity contribution is -0.127. The van der Waals surface area contributed by atoms with Gasteiger partial charge in [-0.15, -0.1) is 0 Å². The average molecular weight is 292 g/mol. The maximum atomic E-state index is 12.1. The Kier molecular flexibility index (Phi) is 5.87. The summed E-state index contributed by atoms with van der Waals surface area (Å²) >= 11 is 0. The van der Waals surface area contributed by atoms with Gasteiger partial charge in [0.15, 0.2) is 17.6 Å². The molecule has 116 valence electrons. The minimum Gasteiger partial charge on any atom is -0.493 e. The van der Waals surface area contributed by atoms with Gasteiger partial charge in [0.25, 0.3) is 5.91 Å². The highest BCUT2D eigenvalue weighted by Crippen LogP contribution is 2.32. The van der Waals surface area contributed by atoms with Gasteiger partial charge in [0.1, 0.15) is 0 Å². The number of hydrogen-bond donors (Lipinski definition) is 2. The second-order valence-corrected chi connectivity index (χ2v) is 5.12. The molecule has 1 atom stereocenters. The highest BCUT2D eigenvalue weighted by atomic mass is 16.5. The predicted octanol–water partition coefficient (Wildman–Crippen LogP) is 1.85. The Balaban J connectivity index is 2.21. The van der Waals surface area contributed by atoms with Crippen LogP contribution < -0.4 is 20.1 Å². The first-order valence-corrected chi connectivity index (χ1v) is 7.57. The second kappa shape index (κ2) is 7.88. The van der Waals surface area contributed by atoms with Crippen LogP contribution in [0.1, 0.15) is 31.7 Å². The van der Waals surface area contributed by atoms with Gasteiger partial charge in [0, 0.05) is 18.7 Å². The molecule has 21 heavy (non-hydrogen) atoms. The van der Waals surface area contributed by atoms with Crippen molar-refractivity contribution in [2.24, 2.45) is 0 Å². The fraction of sp³-hybridized carbons (Fsp3) is 0.562. The smallest absolute Gasteiger partial charge is 0.261 e. The topological polar surface area (TPSA) is 59.6 Å². The van der Waals surface area contributed by atoms with Crippen LogP contribution >= 0.6 is 0 Å². The van der Waals surface area contributed by atoms with Crippen molar-refractivity contribution in [1.29, 1.82) is 0 Å². The molecule has 2 rings (SSSR count). The third kappa shape index (κ3) is 4.11. The molecule has 2 N–H and O–H groups in total. The first kappa shape index (κ1) is 15.6. The summed E-state index contributed by atoms with van der Waals surface area (Å²) in [7, 11) is 1.62. The molecule has 1 saturated heterocycles. The Morgan fingerprint density at radius 2 is 2.24 bits per heavy atom. The number of methoxy groups -OCH3 is 1. The third-order valence-electron chi connectivity index (χ3n) is 3.59. The summed E-state index contributed by atoms with van der Waals surface area (Å²) in [4.78, 5) is 12.1.